The fourth-order valence-electron chi connectivity index (χ4n) is 1.84. The number of halogens is 3. The van der Waals surface area contributed by atoms with Crippen LogP contribution < -0.4 is 5.32 Å². The van der Waals surface area contributed by atoms with Crippen LogP contribution in [0.2, 0.25) is 0 Å². The molecule has 1 rings (SSSR count). The molecule has 0 unspecified atom stereocenters. The molecule has 0 aliphatic rings. The summed E-state index contributed by atoms with van der Waals surface area (Å²) in [6.07, 6.45) is -3.91. The van der Waals surface area contributed by atoms with Crippen LogP contribution in [0.25, 0.3) is 0 Å². The molecule has 0 fully saturated rings. The summed E-state index contributed by atoms with van der Waals surface area (Å²) >= 11 is 0. The molecule has 0 aliphatic carbocycles. The standard InChI is InChI=1S/C12H18F3N3O2/c1-8-10(6-11(20)16-4-3-5-19)9(2)18(17-8)7-12(13,14)15/h19H,3-7H2,1-2H3,(H,16,20). The maximum absolute atomic E-state index is 12.4. The third-order valence-electron chi connectivity index (χ3n) is 2.85. The first-order chi connectivity index (χ1) is 9.24. The van der Waals surface area contributed by atoms with Crippen LogP contribution in [0.5, 0.6) is 0 Å². The molecule has 2 N–H and O–H groups in total. The monoisotopic (exact) mass is 293 g/mol. The first-order valence-electron chi connectivity index (χ1n) is 6.21. The highest BCUT2D eigenvalue weighted by atomic mass is 19.4. The molecular weight excluding hydrogens is 275 g/mol. The SMILES string of the molecule is Cc1nn(CC(F)(F)F)c(C)c1CC(=O)NCCCO. The van der Waals surface area contributed by atoms with Gasteiger partial charge in [0.05, 0.1) is 12.1 Å². The van der Waals surface area contributed by atoms with E-state index in [0.717, 1.165) is 4.68 Å². The van der Waals surface area contributed by atoms with Gasteiger partial charge in [0, 0.05) is 24.4 Å². The van der Waals surface area contributed by atoms with Crippen molar-refractivity contribution in [3.8, 4) is 0 Å². The Kier molecular flexibility index (Phi) is 5.55. The quantitative estimate of drug-likeness (QED) is 0.772. The topological polar surface area (TPSA) is 67.2 Å². The van der Waals surface area contributed by atoms with Gasteiger partial charge in [0.15, 0.2) is 0 Å². The molecule has 5 nitrogen and oxygen atoms in total. The minimum Gasteiger partial charge on any atom is -0.396 e. The van der Waals surface area contributed by atoms with Crippen LogP contribution in [-0.2, 0) is 17.8 Å². The molecule has 0 bridgehead atoms. The second-order valence-electron chi connectivity index (χ2n) is 4.53. The van der Waals surface area contributed by atoms with E-state index in [0.29, 0.717) is 29.9 Å². The van der Waals surface area contributed by atoms with Gasteiger partial charge < -0.3 is 10.4 Å². The van der Waals surface area contributed by atoms with Gasteiger partial charge in [0.1, 0.15) is 6.54 Å². The van der Waals surface area contributed by atoms with E-state index in [1.807, 2.05) is 0 Å². The van der Waals surface area contributed by atoms with Crippen molar-refractivity contribution in [3.05, 3.63) is 17.0 Å². The number of aromatic nitrogens is 2. The van der Waals surface area contributed by atoms with E-state index in [4.69, 9.17) is 5.11 Å². The third kappa shape index (κ3) is 4.84. The van der Waals surface area contributed by atoms with Gasteiger partial charge in [0.2, 0.25) is 5.91 Å². The van der Waals surface area contributed by atoms with Crippen LogP contribution in [-0.4, -0.2) is 40.1 Å². The van der Waals surface area contributed by atoms with Gasteiger partial charge in [-0.3, -0.25) is 9.48 Å². The third-order valence-corrected chi connectivity index (χ3v) is 2.85. The second kappa shape index (κ2) is 6.74. The molecular formula is C12H18F3N3O2. The van der Waals surface area contributed by atoms with E-state index in [9.17, 15) is 18.0 Å². The minimum atomic E-state index is -4.34. The first kappa shape index (κ1) is 16.5. The fraction of sp³-hybridized carbons (Fsp3) is 0.667. The van der Waals surface area contributed by atoms with Gasteiger partial charge in [-0.15, -0.1) is 0 Å². The predicted octanol–water partition coefficient (Wildman–Crippen LogP) is 1.10. The van der Waals surface area contributed by atoms with Crippen molar-refractivity contribution in [2.75, 3.05) is 13.2 Å². The number of aryl methyl sites for hydroxylation is 1. The minimum absolute atomic E-state index is 0.0129. The Labute approximate surface area is 114 Å². The number of hydrogen-bond donors (Lipinski definition) is 2. The number of amides is 1. The summed E-state index contributed by atoms with van der Waals surface area (Å²) in [4.78, 5) is 11.6. The number of nitrogens with zero attached hydrogens (tertiary/aromatic N) is 2. The van der Waals surface area contributed by atoms with Gasteiger partial charge in [0.25, 0.3) is 0 Å². The number of carbonyl (C=O) groups is 1. The fourth-order valence-corrected chi connectivity index (χ4v) is 1.84. The van der Waals surface area contributed by atoms with E-state index in [1.54, 1.807) is 6.92 Å². The predicted molar refractivity (Wildman–Crippen MR) is 66.2 cm³/mol. The van der Waals surface area contributed by atoms with Crippen molar-refractivity contribution < 1.29 is 23.1 Å². The first-order valence-corrected chi connectivity index (χ1v) is 6.21. The van der Waals surface area contributed by atoms with Crippen molar-refractivity contribution in [3.63, 3.8) is 0 Å². The molecule has 0 saturated carbocycles. The van der Waals surface area contributed by atoms with Crippen LogP contribution in [0.4, 0.5) is 13.2 Å². The van der Waals surface area contributed by atoms with Gasteiger partial charge in [-0.2, -0.15) is 18.3 Å². The van der Waals surface area contributed by atoms with Crippen molar-refractivity contribution >= 4 is 5.91 Å². The highest BCUT2D eigenvalue weighted by molar-refractivity contribution is 5.79. The maximum Gasteiger partial charge on any atom is 0.408 e. The molecule has 20 heavy (non-hydrogen) atoms. The Hall–Kier alpha value is -1.57. The molecule has 0 saturated heterocycles. The molecule has 0 radical (unpaired) electrons. The Bertz CT molecular complexity index is 469. The van der Waals surface area contributed by atoms with E-state index in [-0.39, 0.29) is 18.9 Å². The van der Waals surface area contributed by atoms with Crippen LogP contribution in [0, 0.1) is 13.8 Å². The van der Waals surface area contributed by atoms with Crippen molar-refractivity contribution in [2.45, 2.75) is 39.4 Å². The van der Waals surface area contributed by atoms with E-state index < -0.39 is 12.7 Å². The molecule has 1 amide bonds. The summed E-state index contributed by atoms with van der Waals surface area (Å²) in [5.41, 5.74) is 1.27. The van der Waals surface area contributed by atoms with E-state index >= 15 is 0 Å². The lowest BCUT2D eigenvalue weighted by Crippen LogP contribution is -2.27. The van der Waals surface area contributed by atoms with Gasteiger partial charge in [-0.05, 0) is 20.3 Å². The summed E-state index contributed by atoms with van der Waals surface area (Å²) in [5, 5.41) is 15.0. The number of aliphatic hydroxyl groups excluding tert-OH is 1. The zero-order valence-electron chi connectivity index (χ0n) is 11.4. The number of nitrogens with one attached hydrogen (secondary N) is 1. The van der Waals surface area contributed by atoms with Crippen molar-refractivity contribution in [1.82, 2.24) is 15.1 Å². The average molecular weight is 293 g/mol. The summed E-state index contributed by atoms with van der Waals surface area (Å²) < 4.78 is 38.0. The maximum atomic E-state index is 12.4. The molecule has 0 atom stereocenters. The smallest absolute Gasteiger partial charge is 0.396 e. The summed E-state index contributed by atoms with van der Waals surface area (Å²) in [6.45, 7) is 2.25. The number of aliphatic hydroxyl groups is 1. The highest BCUT2D eigenvalue weighted by Crippen LogP contribution is 2.21. The Balaban J connectivity index is 2.73. The van der Waals surface area contributed by atoms with E-state index in [1.165, 1.54) is 6.92 Å². The average Bonchev–Trinajstić information content (AvgIpc) is 2.55. The van der Waals surface area contributed by atoms with Crippen molar-refractivity contribution in [1.29, 1.82) is 0 Å². The number of alkyl halides is 3. The Morgan fingerprint density at radius 2 is 2.05 bits per heavy atom. The molecule has 1 aromatic heterocycles. The summed E-state index contributed by atoms with van der Waals surface area (Å²) in [6, 6.07) is 0. The molecule has 114 valence electrons. The molecule has 8 heteroatoms. The molecule has 1 heterocycles. The molecule has 0 aliphatic heterocycles. The zero-order valence-corrected chi connectivity index (χ0v) is 11.4. The number of rotatable bonds is 6. The summed E-state index contributed by atoms with van der Waals surface area (Å²) in [5.74, 6) is -0.295. The molecule has 0 aromatic carbocycles. The molecule has 0 spiro atoms. The van der Waals surface area contributed by atoms with Gasteiger partial charge in [-0.1, -0.05) is 0 Å². The summed E-state index contributed by atoms with van der Waals surface area (Å²) in [7, 11) is 0. The van der Waals surface area contributed by atoms with E-state index in [2.05, 4.69) is 10.4 Å². The Morgan fingerprint density at radius 3 is 2.60 bits per heavy atom. The second-order valence-corrected chi connectivity index (χ2v) is 4.53. The van der Waals surface area contributed by atoms with Gasteiger partial charge in [-0.25, -0.2) is 0 Å². The largest absolute Gasteiger partial charge is 0.408 e. The number of carbonyl (C=O) groups excluding carboxylic acids is 1. The molecule has 1 aromatic rings. The van der Waals surface area contributed by atoms with Crippen LogP contribution in [0.15, 0.2) is 0 Å². The lowest BCUT2D eigenvalue weighted by molar-refractivity contribution is -0.142. The van der Waals surface area contributed by atoms with Crippen LogP contribution in [0.3, 0.4) is 0 Å². The highest BCUT2D eigenvalue weighted by Gasteiger charge is 2.30. The van der Waals surface area contributed by atoms with Crippen LogP contribution in [0.1, 0.15) is 23.4 Å². The number of hydrogen-bond acceptors (Lipinski definition) is 3. The van der Waals surface area contributed by atoms with Crippen LogP contribution >= 0.6 is 0 Å². The lowest BCUT2D eigenvalue weighted by Gasteiger charge is -2.08. The zero-order chi connectivity index (χ0) is 15.3. The Morgan fingerprint density at radius 1 is 1.40 bits per heavy atom. The van der Waals surface area contributed by atoms with Crippen molar-refractivity contribution in [2.24, 2.45) is 0 Å². The lowest BCUT2D eigenvalue weighted by atomic mass is 10.1. The van der Waals surface area contributed by atoms with Gasteiger partial charge >= 0.3 is 6.18 Å². The normalized spacial score (nSPS) is 11.7.